The third kappa shape index (κ3) is 4.64. The van der Waals surface area contributed by atoms with E-state index in [-0.39, 0.29) is 0 Å². The minimum atomic E-state index is -3.52. The molecule has 2 aromatic rings. The summed E-state index contributed by atoms with van der Waals surface area (Å²) in [5.74, 6) is -1.08. The molecular formula is C18H20FNO3S. The number of nitrogens with one attached hydrogen (secondary N) is 1. The Bertz CT molecular complexity index is 806. The number of carbonyl (C=O) groups excluding carboxylic acids is 1. The summed E-state index contributed by atoms with van der Waals surface area (Å²) >= 11 is 0. The molecule has 0 aliphatic rings. The largest absolute Gasteiger partial charge is 0.348 e. The SMILES string of the molecule is C[C@@H](C(=O)N[C@H](Cc1ccccc1)c1ccccc1F)S(C)(=O)=O. The van der Waals surface area contributed by atoms with Gasteiger partial charge in [-0.25, -0.2) is 12.8 Å². The van der Waals surface area contributed by atoms with Crippen LogP contribution < -0.4 is 5.32 Å². The van der Waals surface area contributed by atoms with Crippen LogP contribution in [0.15, 0.2) is 54.6 Å². The molecule has 0 heterocycles. The Labute approximate surface area is 141 Å². The van der Waals surface area contributed by atoms with Gasteiger partial charge in [0.2, 0.25) is 5.91 Å². The molecule has 128 valence electrons. The van der Waals surface area contributed by atoms with E-state index in [1.54, 1.807) is 18.2 Å². The van der Waals surface area contributed by atoms with Crippen molar-refractivity contribution in [1.29, 1.82) is 0 Å². The molecule has 1 N–H and O–H groups in total. The fourth-order valence-electron chi connectivity index (χ4n) is 2.33. The first-order valence-electron chi connectivity index (χ1n) is 7.56. The summed E-state index contributed by atoms with van der Waals surface area (Å²) in [6.07, 6.45) is 1.37. The molecule has 0 radical (unpaired) electrons. The third-order valence-electron chi connectivity index (χ3n) is 3.89. The van der Waals surface area contributed by atoms with Crippen molar-refractivity contribution in [2.45, 2.75) is 24.6 Å². The topological polar surface area (TPSA) is 63.2 Å². The fraction of sp³-hybridized carbons (Fsp3) is 0.278. The molecule has 1 amide bonds. The molecular weight excluding hydrogens is 329 g/mol. The van der Waals surface area contributed by atoms with Crippen LogP contribution in [0.2, 0.25) is 0 Å². The highest BCUT2D eigenvalue weighted by Crippen LogP contribution is 2.22. The van der Waals surface area contributed by atoms with E-state index in [4.69, 9.17) is 0 Å². The lowest BCUT2D eigenvalue weighted by Gasteiger charge is -2.22. The van der Waals surface area contributed by atoms with E-state index in [2.05, 4.69) is 5.32 Å². The van der Waals surface area contributed by atoms with Crippen molar-refractivity contribution < 1.29 is 17.6 Å². The number of amides is 1. The van der Waals surface area contributed by atoms with Crippen molar-refractivity contribution in [3.8, 4) is 0 Å². The average Bonchev–Trinajstić information content (AvgIpc) is 2.54. The van der Waals surface area contributed by atoms with Crippen molar-refractivity contribution >= 4 is 15.7 Å². The molecule has 2 aromatic carbocycles. The fourth-order valence-corrected chi connectivity index (χ4v) is 2.79. The highest BCUT2D eigenvalue weighted by Gasteiger charge is 2.27. The Balaban J connectivity index is 2.30. The second kappa shape index (κ2) is 7.57. The maximum Gasteiger partial charge on any atom is 0.238 e. The summed E-state index contributed by atoms with van der Waals surface area (Å²) in [6.45, 7) is 1.32. The van der Waals surface area contributed by atoms with Crippen molar-refractivity contribution in [3.63, 3.8) is 0 Å². The van der Waals surface area contributed by atoms with Crippen molar-refractivity contribution in [3.05, 3.63) is 71.5 Å². The highest BCUT2D eigenvalue weighted by molar-refractivity contribution is 7.92. The smallest absolute Gasteiger partial charge is 0.238 e. The summed E-state index contributed by atoms with van der Waals surface area (Å²) in [4.78, 5) is 12.3. The predicted octanol–water partition coefficient (Wildman–Crippen LogP) is 2.66. The molecule has 0 saturated heterocycles. The monoisotopic (exact) mass is 349 g/mol. The molecule has 0 aliphatic heterocycles. The summed E-state index contributed by atoms with van der Waals surface area (Å²) in [5.41, 5.74) is 1.24. The van der Waals surface area contributed by atoms with Gasteiger partial charge in [0.15, 0.2) is 9.84 Å². The van der Waals surface area contributed by atoms with Gasteiger partial charge in [-0.15, -0.1) is 0 Å². The van der Waals surface area contributed by atoms with Crippen LogP contribution in [0, 0.1) is 5.82 Å². The number of rotatable bonds is 6. The molecule has 2 atom stereocenters. The molecule has 0 spiro atoms. The lowest BCUT2D eigenvalue weighted by molar-refractivity contribution is -0.121. The van der Waals surface area contributed by atoms with Gasteiger partial charge >= 0.3 is 0 Å². The lowest BCUT2D eigenvalue weighted by Crippen LogP contribution is -2.40. The van der Waals surface area contributed by atoms with Crippen LogP contribution in [-0.4, -0.2) is 25.8 Å². The van der Waals surface area contributed by atoms with Crippen LogP contribution in [0.3, 0.4) is 0 Å². The number of carbonyl (C=O) groups is 1. The Morgan fingerprint density at radius 3 is 2.25 bits per heavy atom. The Morgan fingerprint density at radius 1 is 1.08 bits per heavy atom. The maximum atomic E-state index is 14.2. The second-order valence-electron chi connectivity index (χ2n) is 5.74. The Kier molecular flexibility index (Phi) is 5.72. The van der Waals surface area contributed by atoms with Gasteiger partial charge in [0.05, 0.1) is 6.04 Å². The van der Waals surface area contributed by atoms with E-state index >= 15 is 0 Å². The molecule has 0 fully saturated rings. The minimum absolute atomic E-state index is 0.329. The average molecular weight is 349 g/mol. The van der Waals surface area contributed by atoms with Gasteiger partial charge in [-0.2, -0.15) is 0 Å². The molecule has 0 bridgehead atoms. The number of hydrogen-bond acceptors (Lipinski definition) is 3. The first kappa shape index (κ1) is 18.1. The summed E-state index contributed by atoms with van der Waals surface area (Å²) in [7, 11) is -3.52. The van der Waals surface area contributed by atoms with E-state index in [1.807, 2.05) is 30.3 Å². The number of hydrogen-bond donors (Lipinski definition) is 1. The molecule has 4 nitrogen and oxygen atoms in total. The van der Waals surface area contributed by atoms with E-state index in [0.717, 1.165) is 11.8 Å². The Hall–Kier alpha value is -2.21. The predicted molar refractivity (Wildman–Crippen MR) is 91.7 cm³/mol. The van der Waals surface area contributed by atoms with Crippen LogP contribution in [0.4, 0.5) is 4.39 Å². The van der Waals surface area contributed by atoms with Gasteiger partial charge in [-0.05, 0) is 25.0 Å². The lowest BCUT2D eigenvalue weighted by atomic mass is 9.98. The molecule has 0 saturated carbocycles. The molecule has 6 heteroatoms. The zero-order chi connectivity index (χ0) is 17.7. The highest BCUT2D eigenvalue weighted by atomic mass is 32.2. The van der Waals surface area contributed by atoms with Crippen LogP contribution in [-0.2, 0) is 21.1 Å². The van der Waals surface area contributed by atoms with Gasteiger partial charge < -0.3 is 5.32 Å². The van der Waals surface area contributed by atoms with Crippen molar-refractivity contribution in [1.82, 2.24) is 5.32 Å². The van der Waals surface area contributed by atoms with Gasteiger partial charge in [0, 0.05) is 11.8 Å². The number of benzene rings is 2. The van der Waals surface area contributed by atoms with E-state index in [0.29, 0.717) is 12.0 Å². The quantitative estimate of drug-likeness (QED) is 0.872. The normalized spacial score (nSPS) is 14.0. The van der Waals surface area contributed by atoms with E-state index < -0.39 is 32.9 Å². The van der Waals surface area contributed by atoms with Crippen molar-refractivity contribution in [2.75, 3.05) is 6.26 Å². The zero-order valence-electron chi connectivity index (χ0n) is 13.6. The summed E-state index contributed by atoms with van der Waals surface area (Å²) < 4.78 is 37.3. The molecule has 24 heavy (non-hydrogen) atoms. The Morgan fingerprint density at radius 2 is 1.67 bits per heavy atom. The number of halogens is 1. The van der Waals surface area contributed by atoms with Crippen LogP contribution >= 0.6 is 0 Å². The van der Waals surface area contributed by atoms with Crippen LogP contribution in [0.25, 0.3) is 0 Å². The third-order valence-corrected chi connectivity index (χ3v) is 5.39. The summed E-state index contributed by atoms with van der Waals surface area (Å²) in [5, 5.41) is 1.48. The van der Waals surface area contributed by atoms with E-state index in [9.17, 15) is 17.6 Å². The maximum absolute atomic E-state index is 14.2. The van der Waals surface area contributed by atoms with Gasteiger partial charge in [-0.1, -0.05) is 48.5 Å². The molecule has 2 rings (SSSR count). The molecule has 0 aromatic heterocycles. The van der Waals surface area contributed by atoms with Crippen LogP contribution in [0.1, 0.15) is 24.1 Å². The first-order valence-corrected chi connectivity index (χ1v) is 9.52. The van der Waals surface area contributed by atoms with E-state index in [1.165, 1.54) is 13.0 Å². The molecule has 0 aliphatic carbocycles. The minimum Gasteiger partial charge on any atom is -0.348 e. The summed E-state index contributed by atoms with van der Waals surface area (Å²) in [6, 6.07) is 14.8. The van der Waals surface area contributed by atoms with Crippen LogP contribution in [0.5, 0.6) is 0 Å². The zero-order valence-corrected chi connectivity index (χ0v) is 14.4. The molecule has 0 unspecified atom stereocenters. The van der Waals surface area contributed by atoms with Crippen molar-refractivity contribution in [2.24, 2.45) is 0 Å². The standard InChI is InChI=1S/C18H20FNO3S/c1-13(24(2,22)23)18(21)20-17(12-14-8-4-3-5-9-14)15-10-6-7-11-16(15)19/h3-11,13,17H,12H2,1-2H3,(H,20,21)/t13-,17+/m0/s1. The van der Waals surface area contributed by atoms with Gasteiger partial charge in [-0.3, -0.25) is 4.79 Å². The first-order chi connectivity index (χ1) is 11.3. The van der Waals surface area contributed by atoms with Gasteiger partial charge in [0.1, 0.15) is 11.1 Å². The van der Waals surface area contributed by atoms with Gasteiger partial charge in [0.25, 0.3) is 0 Å². The second-order valence-corrected chi connectivity index (χ2v) is 8.11. The number of sulfone groups is 1.